The van der Waals surface area contributed by atoms with E-state index < -0.39 is 0 Å². The van der Waals surface area contributed by atoms with E-state index in [1.807, 2.05) is 60.7 Å². The van der Waals surface area contributed by atoms with Crippen LogP contribution in [0.25, 0.3) is 22.6 Å². The van der Waals surface area contributed by atoms with Gasteiger partial charge in [0.15, 0.2) is 0 Å². The molecule has 1 heterocycles. The lowest BCUT2D eigenvalue weighted by molar-refractivity contribution is 0.597. The van der Waals surface area contributed by atoms with Crippen LogP contribution in [-0.4, -0.2) is 0 Å². The summed E-state index contributed by atoms with van der Waals surface area (Å²) in [6.07, 6.45) is 0. The third kappa shape index (κ3) is 2.89. The average molecular weight is 278 g/mol. The molecule has 0 unspecified atom stereocenters. The minimum Gasteiger partial charge on any atom is -0.456 e. The molecular formula is C18H18N2O. The van der Waals surface area contributed by atoms with Crippen molar-refractivity contribution < 1.29 is 4.42 Å². The Hall–Kier alpha value is -2.36. The number of hydrogen-bond acceptors (Lipinski definition) is 3. The third-order valence-electron chi connectivity index (χ3n) is 3.55. The molecule has 2 aromatic carbocycles. The molecule has 0 aliphatic heterocycles. The van der Waals surface area contributed by atoms with E-state index in [-0.39, 0.29) is 0 Å². The number of rotatable bonds is 4. The van der Waals surface area contributed by atoms with Gasteiger partial charge in [-0.15, -0.1) is 0 Å². The van der Waals surface area contributed by atoms with Crippen molar-refractivity contribution in [2.45, 2.75) is 13.1 Å². The predicted molar refractivity (Wildman–Crippen MR) is 85.4 cm³/mol. The van der Waals surface area contributed by atoms with Crippen molar-refractivity contribution in [3.05, 3.63) is 71.8 Å². The van der Waals surface area contributed by atoms with E-state index in [9.17, 15) is 0 Å². The van der Waals surface area contributed by atoms with Crippen molar-refractivity contribution in [2.24, 2.45) is 11.5 Å². The summed E-state index contributed by atoms with van der Waals surface area (Å²) in [4.78, 5) is 0. The standard InChI is InChI=1S/C18H18N2O/c19-11-13-1-5-15(6-2-13)17-9-10-18(21-17)16-7-3-14(12-20)4-8-16/h1-10H,11-12,19-20H2. The highest BCUT2D eigenvalue weighted by molar-refractivity contribution is 5.65. The summed E-state index contributed by atoms with van der Waals surface area (Å²) >= 11 is 0. The monoisotopic (exact) mass is 278 g/mol. The van der Waals surface area contributed by atoms with E-state index in [1.165, 1.54) is 0 Å². The lowest BCUT2D eigenvalue weighted by Gasteiger charge is -2.01. The van der Waals surface area contributed by atoms with E-state index in [0.717, 1.165) is 33.8 Å². The van der Waals surface area contributed by atoms with Gasteiger partial charge in [0.2, 0.25) is 0 Å². The topological polar surface area (TPSA) is 65.2 Å². The first kappa shape index (κ1) is 13.6. The summed E-state index contributed by atoms with van der Waals surface area (Å²) in [7, 11) is 0. The van der Waals surface area contributed by atoms with E-state index in [1.54, 1.807) is 0 Å². The van der Waals surface area contributed by atoms with Crippen LogP contribution < -0.4 is 11.5 Å². The molecule has 0 radical (unpaired) electrons. The third-order valence-corrected chi connectivity index (χ3v) is 3.55. The fourth-order valence-corrected chi connectivity index (χ4v) is 2.26. The molecule has 0 amide bonds. The van der Waals surface area contributed by atoms with Crippen LogP contribution in [0.2, 0.25) is 0 Å². The van der Waals surface area contributed by atoms with Gasteiger partial charge in [0.1, 0.15) is 11.5 Å². The number of benzene rings is 2. The summed E-state index contributed by atoms with van der Waals surface area (Å²) in [6, 6.07) is 20.2. The molecule has 3 rings (SSSR count). The van der Waals surface area contributed by atoms with Crippen molar-refractivity contribution >= 4 is 0 Å². The van der Waals surface area contributed by atoms with Crippen LogP contribution >= 0.6 is 0 Å². The van der Waals surface area contributed by atoms with Crippen molar-refractivity contribution in [1.29, 1.82) is 0 Å². The molecule has 3 aromatic rings. The Bertz CT molecular complexity index is 650. The van der Waals surface area contributed by atoms with Gasteiger partial charge in [-0.05, 0) is 23.3 Å². The van der Waals surface area contributed by atoms with Gasteiger partial charge >= 0.3 is 0 Å². The molecule has 3 nitrogen and oxygen atoms in total. The van der Waals surface area contributed by atoms with Crippen molar-refractivity contribution in [2.75, 3.05) is 0 Å². The van der Waals surface area contributed by atoms with Crippen molar-refractivity contribution in [1.82, 2.24) is 0 Å². The highest BCUT2D eigenvalue weighted by Crippen LogP contribution is 2.28. The molecule has 0 bridgehead atoms. The van der Waals surface area contributed by atoms with Gasteiger partial charge in [-0.1, -0.05) is 48.5 Å². The smallest absolute Gasteiger partial charge is 0.134 e. The molecule has 21 heavy (non-hydrogen) atoms. The second-order valence-electron chi connectivity index (χ2n) is 4.97. The zero-order valence-corrected chi connectivity index (χ0v) is 11.8. The quantitative estimate of drug-likeness (QED) is 0.767. The zero-order chi connectivity index (χ0) is 14.7. The van der Waals surface area contributed by atoms with E-state index in [4.69, 9.17) is 15.9 Å². The van der Waals surface area contributed by atoms with Crippen LogP contribution in [0, 0.1) is 0 Å². The SMILES string of the molecule is NCc1ccc(-c2ccc(-c3ccc(CN)cc3)o2)cc1. The lowest BCUT2D eigenvalue weighted by Crippen LogP contribution is -1.95. The van der Waals surface area contributed by atoms with Crippen molar-refractivity contribution in [3.8, 4) is 22.6 Å². The van der Waals surface area contributed by atoms with Gasteiger partial charge in [-0.3, -0.25) is 0 Å². The van der Waals surface area contributed by atoms with Gasteiger partial charge in [-0.2, -0.15) is 0 Å². The van der Waals surface area contributed by atoms with Gasteiger partial charge < -0.3 is 15.9 Å². The second kappa shape index (κ2) is 5.95. The maximum absolute atomic E-state index is 5.94. The van der Waals surface area contributed by atoms with Crippen LogP contribution in [0.15, 0.2) is 65.1 Å². The van der Waals surface area contributed by atoms with Gasteiger partial charge in [0.05, 0.1) is 0 Å². The molecule has 0 fully saturated rings. The van der Waals surface area contributed by atoms with E-state index in [0.29, 0.717) is 13.1 Å². The normalized spacial score (nSPS) is 10.8. The molecule has 106 valence electrons. The zero-order valence-electron chi connectivity index (χ0n) is 11.8. The molecule has 0 saturated carbocycles. The summed E-state index contributed by atoms with van der Waals surface area (Å²) in [5.74, 6) is 1.72. The molecular weight excluding hydrogens is 260 g/mol. The molecule has 4 N–H and O–H groups in total. The maximum atomic E-state index is 5.94. The molecule has 1 aromatic heterocycles. The fraction of sp³-hybridized carbons (Fsp3) is 0.111. The van der Waals surface area contributed by atoms with Crippen LogP contribution in [0.4, 0.5) is 0 Å². The molecule has 0 saturated heterocycles. The molecule has 0 aliphatic rings. The Morgan fingerprint density at radius 3 is 1.29 bits per heavy atom. The highest BCUT2D eigenvalue weighted by Gasteiger charge is 2.06. The number of hydrogen-bond donors (Lipinski definition) is 2. The Labute approximate surface area is 124 Å². The van der Waals surface area contributed by atoms with E-state index >= 15 is 0 Å². The van der Waals surface area contributed by atoms with Gasteiger partial charge in [-0.25, -0.2) is 0 Å². The maximum Gasteiger partial charge on any atom is 0.134 e. The van der Waals surface area contributed by atoms with Crippen LogP contribution in [0.3, 0.4) is 0 Å². The van der Waals surface area contributed by atoms with Gasteiger partial charge in [0, 0.05) is 24.2 Å². The largest absolute Gasteiger partial charge is 0.456 e. The highest BCUT2D eigenvalue weighted by atomic mass is 16.3. The lowest BCUT2D eigenvalue weighted by atomic mass is 10.1. The van der Waals surface area contributed by atoms with Crippen molar-refractivity contribution in [3.63, 3.8) is 0 Å². The summed E-state index contributed by atoms with van der Waals surface area (Å²) in [5.41, 5.74) is 15.6. The molecule has 3 heteroatoms. The van der Waals surface area contributed by atoms with Crippen LogP contribution in [0.1, 0.15) is 11.1 Å². The first-order valence-corrected chi connectivity index (χ1v) is 6.99. The summed E-state index contributed by atoms with van der Waals surface area (Å²) < 4.78 is 5.94. The summed E-state index contributed by atoms with van der Waals surface area (Å²) in [5, 5.41) is 0. The Balaban J connectivity index is 1.87. The number of furan rings is 1. The second-order valence-corrected chi connectivity index (χ2v) is 4.97. The first-order valence-electron chi connectivity index (χ1n) is 6.99. The average Bonchev–Trinajstić information content (AvgIpc) is 3.05. The molecule has 0 atom stereocenters. The Morgan fingerprint density at radius 1 is 0.571 bits per heavy atom. The minimum atomic E-state index is 0.553. The van der Waals surface area contributed by atoms with Crippen LogP contribution in [-0.2, 0) is 13.1 Å². The van der Waals surface area contributed by atoms with E-state index in [2.05, 4.69) is 0 Å². The fourth-order valence-electron chi connectivity index (χ4n) is 2.26. The number of nitrogens with two attached hydrogens (primary N) is 2. The minimum absolute atomic E-state index is 0.553. The Kier molecular flexibility index (Phi) is 3.86. The van der Waals surface area contributed by atoms with Gasteiger partial charge in [0.25, 0.3) is 0 Å². The summed E-state index contributed by atoms with van der Waals surface area (Å²) in [6.45, 7) is 1.11. The Morgan fingerprint density at radius 2 is 0.952 bits per heavy atom. The first-order chi connectivity index (χ1) is 10.3. The molecule has 0 spiro atoms. The predicted octanol–water partition coefficient (Wildman–Crippen LogP) is 3.53. The molecule has 0 aliphatic carbocycles. The van der Waals surface area contributed by atoms with Crippen LogP contribution in [0.5, 0.6) is 0 Å².